The van der Waals surface area contributed by atoms with Crippen molar-refractivity contribution in [1.29, 1.82) is 0 Å². The van der Waals surface area contributed by atoms with Crippen LogP contribution < -0.4 is 0 Å². The van der Waals surface area contributed by atoms with Gasteiger partial charge in [0.2, 0.25) is 0 Å². The zero-order valence-electron chi connectivity index (χ0n) is 13.2. The first-order valence-corrected chi connectivity index (χ1v) is 7.57. The molecule has 3 heteroatoms. The highest BCUT2D eigenvalue weighted by Crippen LogP contribution is 2.16. The van der Waals surface area contributed by atoms with Crippen LogP contribution in [-0.4, -0.2) is 18.9 Å². The Hall–Kier alpha value is -3.20. The predicted octanol–water partition coefficient (Wildman–Crippen LogP) is 4.52. The number of rotatable bonds is 4. The van der Waals surface area contributed by atoms with Gasteiger partial charge >= 0.3 is 5.97 Å². The van der Waals surface area contributed by atoms with Gasteiger partial charge in [-0.1, -0.05) is 54.6 Å². The first-order chi connectivity index (χ1) is 11.7. The largest absolute Gasteiger partial charge is 0.465 e. The normalized spacial score (nSPS) is 10.9. The van der Waals surface area contributed by atoms with Crippen molar-refractivity contribution in [2.45, 2.75) is 0 Å². The van der Waals surface area contributed by atoms with Crippen molar-refractivity contribution in [2.24, 2.45) is 0 Å². The lowest BCUT2D eigenvalue weighted by Gasteiger charge is -2.01. The first-order valence-electron chi connectivity index (χ1n) is 7.57. The Bertz CT molecular complexity index is 921. The number of benzene rings is 3. The van der Waals surface area contributed by atoms with Gasteiger partial charge in [0.05, 0.1) is 12.7 Å². The number of hydrogen-bond acceptors (Lipinski definition) is 3. The summed E-state index contributed by atoms with van der Waals surface area (Å²) in [6.07, 6.45) is 3.27. The second-order valence-corrected chi connectivity index (χ2v) is 5.37. The van der Waals surface area contributed by atoms with Crippen molar-refractivity contribution in [3.63, 3.8) is 0 Å². The van der Waals surface area contributed by atoms with Gasteiger partial charge in [0.15, 0.2) is 5.78 Å². The van der Waals surface area contributed by atoms with Crippen LogP contribution in [0.2, 0.25) is 0 Å². The Balaban J connectivity index is 1.77. The summed E-state index contributed by atoms with van der Waals surface area (Å²) in [5.74, 6) is -0.435. The van der Waals surface area contributed by atoms with Crippen LogP contribution in [0.25, 0.3) is 16.8 Å². The average Bonchev–Trinajstić information content (AvgIpc) is 2.65. The zero-order valence-corrected chi connectivity index (χ0v) is 13.2. The second-order valence-electron chi connectivity index (χ2n) is 5.37. The van der Waals surface area contributed by atoms with Crippen LogP contribution in [-0.2, 0) is 4.74 Å². The number of fused-ring (bicyclic) bond motifs is 1. The van der Waals surface area contributed by atoms with Gasteiger partial charge in [-0.25, -0.2) is 4.79 Å². The molecule has 24 heavy (non-hydrogen) atoms. The number of carbonyl (C=O) groups is 2. The molecule has 0 unspecified atom stereocenters. The van der Waals surface area contributed by atoms with E-state index in [-0.39, 0.29) is 11.8 Å². The Morgan fingerprint density at radius 3 is 2.21 bits per heavy atom. The molecule has 0 atom stereocenters. The van der Waals surface area contributed by atoms with Crippen molar-refractivity contribution in [1.82, 2.24) is 0 Å². The maximum atomic E-state index is 12.3. The molecule has 3 aromatic carbocycles. The van der Waals surface area contributed by atoms with Crippen LogP contribution >= 0.6 is 0 Å². The zero-order chi connectivity index (χ0) is 16.9. The summed E-state index contributed by atoms with van der Waals surface area (Å²) in [6.45, 7) is 0. The van der Waals surface area contributed by atoms with Crippen LogP contribution in [0.3, 0.4) is 0 Å². The molecule has 3 aromatic rings. The number of ketones is 1. The molecular formula is C21H16O3. The van der Waals surface area contributed by atoms with Gasteiger partial charge in [0.25, 0.3) is 0 Å². The lowest BCUT2D eigenvalue weighted by Crippen LogP contribution is -2.00. The van der Waals surface area contributed by atoms with Crippen LogP contribution in [0.1, 0.15) is 26.3 Å². The van der Waals surface area contributed by atoms with Gasteiger partial charge in [-0.3, -0.25) is 4.79 Å². The molecule has 0 saturated carbocycles. The van der Waals surface area contributed by atoms with E-state index in [1.54, 1.807) is 30.3 Å². The molecule has 0 spiro atoms. The smallest absolute Gasteiger partial charge is 0.337 e. The topological polar surface area (TPSA) is 43.4 Å². The van der Waals surface area contributed by atoms with E-state index >= 15 is 0 Å². The summed E-state index contributed by atoms with van der Waals surface area (Å²) in [4.78, 5) is 23.7. The summed E-state index contributed by atoms with van der Waals surface area (Å²) in [6, 6.07) is 20.5. The minimum atomic E-state index is -0.377. The van der Waals surface area contributed by atoms with Crippen molar-refractivity contribution in [3.8, 4) is 0 Å². The minimum Gasteiger partial charge on any atom is -0.465 e. The number of ether oxygens (including phenoxy) is 1. The SMILES string of the molecule is COC(=O)c1ccc(/C=C/C(=O)c2ccc3ccccc3c2)cc1. The van der Waals surface area contributed by atoms with Crippen molar-refractivity contribution < 1.29 is 14.3 Å². The maximum absolute atomic E-state index is 12.3. The summed E-state index contributed by atoms with van der Waals surface area (Å²) in [5.41, 5.74) is 1.98. The third-order valence-electron chi connectivity index (χ3n) is 3.79. The van der Waals surface area contributed by atoms with Crippen molar-refractivity contribution >= 4 is 28.6 Å². The van der Waals surface area contributed by atoms with Gasteiger partial charge in [0, 0.05) is 5.56 Å². The van der Waals surface area contributed by atoms with E-state index in [4.69, 9.17) is 0 Å². The lowest BCUT2D eigenvalue weighted by molar-refractivity contribution is 0.0600. The molecule has 3 nitrogen and oxygen atoms in total. The molecular weight excluding hydrogens is 300 g/mol. The molecule has 0 aliphatic heterocycles. The van der Waals surface area contributed by atoms with Crippen molar-refractivity contribution in [3.05, 3.63) is 89.5 Å². The summed E-state index contributed by atoms with van der Waals surface area (Å²) in [5, 5.41) is 2.15. The van der Waals surface area contributed by atoms with E-state index in [0.717, 1.165) is 16.3 Å². The molecule has 118 valence electrons. The lowest BCUT2D eigenvalue weighted by atomic mass is 10.0. The molecule has 0 saturated heterocycles. The fourth-order valence-corrected chi connectivity index (χ4v) is 2.46. The molecule has 0 N–H and O–H groups in total. The fraction of sp³-hybridized carbons (Fsp3) is 0.0476. The Kier molecular flexibility index (Phi) is 4.52. The third kappa shape index (κ3) is 3.41. The molecule has 0 heterocycles. The maximum Gasteiger partial charge on any atom is 0.337 e. The number of esters is 1. The Labute approximate surface area is 140 Å². The quantitative estimate of drug-likeness (QED) is 0.404. The summed E-state index contributed by atoms with van der Waals surface area (Å²) >= 11 is 0. The highest BCUT2D eigenvalue weighted by atomic mass is 16.5. The number of methoxy groups -OCH3 is 1. The highest BCUT2D eigenvalue weighted by Gasteiger charge is 2.05. The standard InChI is InChI=1S/C21H16O3/c1-24-21(23)17-9-6-15(7-10-17)8-13-20(22)19-12-11-16-4-2-3-5-18(16)14-19/h2-14H,1H3/b13-8+. The first kappa shape index (κ1) is 15.7. The summed E-state index contributed by atoms with van der Waals surface area (Å²) in [7, 11) is 1.35. The molecule has 0 aliphatic rings. The number of allylic oxidation sites excluding steroid dienone is 1. The fourth-order valence-electron chi connectivity index (χ4n) is 2.46. The van der Waals surface area contributed by atoms with Crippen molar-refractivity contribution in [2.75, 3.05) is 7.11 Å². The molecule has 0 radical (unpaired) electrons. The predicted molar refractivity (Wildman–Crippen MR) is 95.1 cm³/mol. The number of hydrogen-bond donors (Lipinski definition) is 0. The minimum absolute atomic E-state index is 0.0576. The Morgan fingerprint density at radius 1 is 0.833 bits per heavy atom. The monoisotopic (exact) mass is 316 g/mol. The van der Waals surface area contributed by atoms with E-state index in [2.05, 4.69) is 4.74 Å². The van der Waals surface area contributed by atoms with E-state index in [9.17, 15) is 9.59 Å². The van der Waals surface area contributed by atoms with Gasteiger partial charge in [0.1, 0.15) is 0 Å². The molecule has 0 aliphatic carbocycles. The van der Waals surface area contributed by atoms with E-state index in [1.165, 1.54) is 13.2 Å². The van der Waals surface area contributed by atoms with Gasteiger partial charge in [-0.05, 0) is 40.6 Å². The molecule has 0 fully saturated rings. The van der Waals surface area contributed by atoms with Crippen LogP contribution in [0.15, 0.2) is 72.8 Å². The van der Waals surface area contributed by atoms with E-state index in [0.29, 0.717) is 11.1 Å². The van der Waals surface area contributed by atoms with Gasteiger partial charge in [-0.15, -0.1) is 0 Å². The van der Waals surface area contributed by atoms with E-state index < -0.39 is 0 Å². The molecule has 0 aromatic heterocycles. The summed E-state index contributed by atoms with van der Waals surface area (Å²) < 4.78 is 4.66. The van der Waals surface area contributed by atoms with E-state index in [1.807, 2.05) is 42.5 Å². The molecule has 0 bridgehead atoms. The highest BCUT2D eigenvalue weighted by molar-refractivity contribution is 6.08. The number of carbonyl (C=O) groups excluding carboxylic acids is 2. The molecule has 3 rings (SSSR count). The second kappa shape index (κ2) is 6.92. The third-order valence-corrected chi connectivity index (χ3v) is 3.79. The van der Waals surface area contributed by atoms with Crippen LogP contribution in [0.4, 0.5) is 0 Å². The molecule has 0 amide bonds. The van der Waals surface area contributed by atoms with Gasteiger partial charge < -0.3 is 4.74 Å². The Morgan fingerprint density at radius 2 is 1.50 bits per heavy atom. The van der Waals surface area contributed by atoms with Crippen LogP contribution in [0.5, 0.6) is 0 Å². The average molecular weight is 316 g/mol. The van der Waals surface area contributed by atoms with Crippen LogP contribution in [0, 0.1) is 0 Å². The van der Waals surface area contributed by atoms with Gasteiger partial charge in [-0.2, -0.15) is 0 Å².